The van der Waals surface area contributed by atoms with Crippen LogP contribution in [0, 0.1) is 5.82 Å². The van der Waals surface area contributed by atoms with Gasteiger partial charge in [0.2, 0.25) is 0 Å². The van der Waals surface area contributed by atoms with Gasteiger partial charge >= 0.3 is 0 Å². The van der Waals surface area contributed by atoms with Crippen LogP contribution in [0.2, 0.25) is 0 Å². The molecule has 0 spiro atoms. The number of nitrogens with zero attached hydrogens (tertiary/aromatic N) is 1. The number of rotatable bonds is 4. The standard InChI is InChI=1S/C14H15FN2O2/c1-3-19-13-7-10(8-17-14(13)18-2)9-4-5-12(16)11(15)6-9/h4-8H,3,16H2,1-2H3. The minimum atomic E-state index is -0.453. The van der Waals surface area contributed by atoms with E-state index in [1.807, 2.05) is 6.92 Å². The number of benzene rings is 1. The number of nitrogens with two attached hydrogens (primary N) is 1. The van der Waals surface area contributed by atoms with Crippen LogP contribution in [-0.2, 0) is 0 Å². The molecule has 1 heterocycles. The number of pyridine rings is 1. The topological polar surface area (TPSA) is 57.4 Å². The molecular weight excluding hydrogens is 247 g/mol. The van der Waals surface area contributed by atoms with E-state index in [1.165, 1.54) is 19.2 Å². The molecule has 1 aromatic heterocycles. The molecule has 0 fully saturated rings. The number of methoxy groups -OCH3 is 1. The Morgan fingerprint density at radius 2 is 2.05 bits per heavy atom. The van der Waals surface area contributed by atoms with Gasteiger partial charge in [-0.3, -0.25) is 0 Å². The third kappa shape index (κ3) is 2.76. The van der Waals surface area contributed by atoms with Crippen LogP contribution < -0.4 is 15.2 Å². The Bertz CT molecular complexity index is 588. The van der Waals surface area contributed by atoms with Crippen LogP contribution in [0.3, 0.4) is 0 Å². The quantitative estimate of drug-likeness (QED) is 0.861. The fourth-order valence-electron chi connectivity index (χ4n) is 1.71. The molecule has 100 valence electrons. The Kier molecular flexibility index (Phi) is 3.85. The van der Waals surface area contributed by atoms with Crippen LogP contribution in [0.15, 0.2) is 30.5 Å². The van der Waals surface area contributed by atoms with Gasteiger partial charge in [0.25, 0.3) is 5.88 Å². The highest BCUT2D eigenvalue weighted by molar-refractivity contribution is 5.67. The lowest BCUT2D eigenvalue weighted by Gasteiger charge is -2.10. The van der Waals surface area contributed by atoms with Gasteiger partial charge in [-0.2, -0.15) is 0 Å². The van der Waals surface area contributed by atoms with Crippen LogP contribution in [0.1, 0.15) is 6.92 Å². The molecule has 5 heteroatoms. The molecule has 0 aliphatic carbocycles. The summed E-state index contributed by atoms with van der Waals surface area (Å²) in [6.45, 7) is 2.37. The summed E-state index contributed by atoms with van der Waals surface area (Å²) in [6, 6.07) is 6.39. The van der Waals surface area contributed by atoms with Gasteiger partial charge in [-0.15, -0.1) is 0 Å². The fourth-order valence-corrected chi connectivity index (χ4v) is 1.71. The Labute approximate surface area is 111 Å². The number of halogens is 1. The first kappa shape index (κ1) is 13.1. The van der Waals surface area contributed by atoms with Crippen molar-refractivity contribution < 1.29 is 13.9 Å². The van der Waals surface area contributed by atoms with Crippen LogP contribution in [0.4, 0.5) is 10.1 Å². The van der Waals surface area contributed by atoms with Crippen molar-refractivity contribution in [1.82, 2.24) is 4.98 Å². The first-order valence-electron chi connectivity index (χ1n) is 5.88. The summed E-state index contributed by atoms with van der Waals surface area (Å²) < 4.78 is 24.0. The van der Waals surface area contributed by atoms with Crippen LogP contribution in [0.5, 0.6) is 11.6 Å². The van der Waals surface area contributed by atoms with E-state index in [4.69, 9.17) is 15.2 Å². The third-order valence-electron chi connectivity index (χ3n) is 2.65. The predicted molar refractivity (Wildman–Crippen MR) is 71.8 cm³/mol. The van der Waals surface area contributed by atoms with Gasteiger partial charge in [0, 0.05) is 11.8 Å². The minimum Gasteiger partial charge on any atom is -0.488 e. The van der Waals surface area contributed by atoms with E-state index in [9.17, 15) is 4.39 Å². The summed E-state index contributed by atoms with van der Waals surface area (Å²) in [5, 5.41) is 0. The summed E-state index contributed by atoms with van der Waals surface area (Å²) in [6.07, 6.45) is 1.60. The largest absolute Gasteiger partial charge is 0.488 e. The molecule has 0 unspecified atom stereocenters. The maximum absolute atomic E-state index is 13.5. The highest BCUT2D eigenvalue weighted by atomic mass is 19.1. The smallest absolute Gasteiger partial charge is 0.256 e. The lowest BCUT2D eigenvalue weighted by atomic mass is 10.1. The Morgan fingerprint density at radius 1 is 1.26 bits per heavy atom. The van der Waals surface area contributed by atoms with Crippen LogP contribution in [-0.4, -0.2) is 18.7 Å². The monoisotopic (exact) mass is 262 g/mol. The van der Waals surface area contributed by atoms with Crippen molar-refractivity contribution in [3.8, 4) is 22.8 Å². The molecule has 19 heavy (non-hydrogen) atoms. The third-order valence-corrected chi connectivity index (χ3v) is 2.65. The fraction of sp³-hybridized carbons (Fsp3) is 0.214. The first-order valence-corrected chi connectivity index (χ1v) is 5.88. The van der Waals surface area contributed by atoms with Crippen LogP contribution >= 0.6 is 0 Å². The number of hydrogen-bond donors (Lipinski definition) is 1. The molecule has 1 aromatic carbocycles. The summed E-state index contributed by atoms with van der Waals surface area (Å²) in [5.74, 6) is 0.479. The summed E-state index contributed by atoms with van der Waals surface area (Å²) in [4.78, 5) is 4.14. The van der Waals surface area contributed by atoms with Crippen molar-refractivity contribution in [2.24, 2.45) is 0 Å². The SMILES string of the molecule is CCOc1cc(-c2ccc(N)c(F)c2)cnc1OC. The van der Waals surface area contributed by atoms with E-state index in [1.54, 1.807) is 18.3 Å². The zero-order valence-corrected chi connectivity index (χ0v) is 10.8. The molecule has 0 aliphatic rings. The van der Waals surface area contributed by atoms with E-state index in [-0.39, 0.29) is 5.69 Å². The van der Waals surface area contributed by atoms with Gasteiger partial charge < -0.3 is 15.2 Å². The number of ether oxygens (including phenoxy) is 2. The van der Waals surface area contributed by atoms with Gasteiger partial charge in [0.1, 0.15) is 5.82 Å². The Hall–Kier alpha value is -2.30. The normalized spacial score (nSPS) is 10.3. The summed E-state index contributed by atoms with van der Waals surface area (Å²) >= 11 is 0. The average molecular weight is 262 g/mol. The molecule has 0 aliphatic heterocycles. The maximum atomic E-state index is 13.5. The van der Waals surface area contributed by atoms with E-state index in [0.29, 0.717) is 23.8 Å². The van der Waals surface area contributed by atoms with Gasteiger partial charge in [-0.05, 0) is 30.7 Å². The predicted octanol–water partition coefficient (Wildman–Crippen LogP) is 2.88. The van der Waals surface area contributed by atoms with E-state index in [2.05, 4.69) is 4.98 Å². The molecule has 0 saturated carbocycles. The number of anilines is 1. The van der Waals surface area contributed by atoms with E-state index < -0.39 is 5.82 Å². The average Bonchev–Trinajstić information content (AvgIpc) is 2.42. The summed E-state index contributed by atoms with van der Waals surface area (Å²) in [7, 11) is 1.52. The van der Waals surface area contributed by atoms with Gasteiger partial charge in [0.15, 0.2) is 5.75 Å². The Balaban J connectivity index is 2.44. The molecule has 2 N–H and O–H groups in total. The first-order chi connectivity index (χ1) is 9.15. The minimum absolute atomic E-state index is 0.121. The second-order valence-electron chi connectivity index (χ2n) is 3.90. The van der Waals surface area contributed by atoms with E-state index >= 15 is 0 Å². The van der Waals surface area contributed by atoms with Gasteiger partial charge in [-0.25, -0.2) is 9.37 Å². The number of hydrogen-bond acceptors (Lipinski definition) is 4. The molecule has 4 nitrogen and oxygen atoms in total. The molecular formula is C14H15FN2O2. The molecule has 0 atom stereocenters. The van der Waals surface area contributed by atoms with E-state index in [0.717, 1.165) is 5.56 Å². The van der Waals surface area contributed by atoms with Crippen molar-refractivity contribution >= 4 is 5.69 Å². The molecule has 0 saturated heterocycles. The second-order valence-corrected chi connectivity index (χ2v) is 3.90. The van der Waals surface area contributed by atoms with Crippen molar-refractivity contribution in [2.45, 2.75) is 6.92 Å². The van der Waals surface area contributed by atoms with Crippen LogP contribution in [0.25, 0.3) is 11.1 Å². The molecule has 0 radical (unpaired) electrons. The second kappa shape index (κ2) is 5.56. The molecule has 0 bridgehead atoms. The zero-order valence-electron chi connectivity index (χ0n) is 10.8. The van der Waals surface area contributed by atoms with Gasteiger partial charge in [-0.1, -0.05) is 6.07 Å². The maximum Gasteiger partial charge on any atom is 0.256 e. The van der Waals surface area contributed by atoms with Crippen molar-refractivity contribution in [2.75, 3.05) is 19.5 Å². The highest BCUT2D eigenvalue weighted by Gasteiger charge is 2.09. The number of aromatic nitrogens is 1. The lowest BCUT2D eigenvalue weighted by molar-refractivity contribution is 0.304. The van der Waals surface area contributed by atoms with Crippen molar-refractivity contribution in [1.29, 1.82) is 0 Å². The highest BCUT2D eigenvalue weighted by Crippen LogP contribution is 2.31. The lowest BCUT2D eigenvalue weighted by Crippen LogP contribution is -1.98. The number of nitrogen functional groups attached to an aromatic ring is 1. The molecule has 2 aromatic rings. The zero-order chi connectivity index (χ0) is 13.8. The molecule has 0 amide bonds. The van der Waals surface area contributed by atoms with Crippen molar-refractivity contribution in [3.63, 3.8) is 0 Å². The van der Waals surface area contributed by atoms with Gasteiger partial charge in [0.05, 0.1) is 19.4 Å². The van der Waals surface area contributed by atoms with Crippen molar-refractivity contribution in [3.05, 3.63) is 36.3 Å². The molecule has 2 rings (SSSR count). The Morgan fingerprint density at radius 3 is 2.68 bits per heavy atom. The summed E-state index contributed by atoms with van der Waals surface area (Å²) in [5.41, 5.74) is 7.00.